The van der Waals surface area contributed by atoms with Crippen LogP contribution in [-0.4, -0.2) is 40.1 Å². The second-order valence-corrected chi connectivity index (χ2v) is 6.00. The molecule has 0 amide bonds. The minimum atomic E-state index is -0.910. The second-order valence-electron chi connectivity index (χ2n) is 4.41. The predicted octanol–water partition coefficient (Wildman–Crippen LogP) is 2.64. The van der Waals surface area contributed by atoms with Crippen LogP contribution >= 0.6 is 23.4 Å². The van der Waals surface area contributed by atoms with Gasteiger partial charge in [0, 0.05) is 35.2 Å². The van der Waals surface area contributed by atoms with E-state index in [-0.39, 0.29) is 18.2 Å². The number of nitrogens with zero attached hydrogens (tertiary/aromatic N) is 2. The summed E-state index contributed by atoms with van der Waals surface area (Å²) in [7, 11) is 0. The molecule has 0 aromatic heterocycles. The number of thioether (sulfide) groups is 1. The van der Waals surface area contributed by atoms with Gasteiger partial charge in [0.25, 0.3) is 5.69 Å². The van der Waals surface area contributed by atoms with Crippen LogP contribution in [0.1, 0.15) is 6.42 Å². The van der Waals surface area contributed by atoms with Crippen LogP contribution in [-0.2, 0) is 4.79 Å². The Bertz CT molecular complexity index is 540. The Balaban J connectivity index is 2.38. The van der Waals surface area contributed by atoms with Gasteiger partial charge >= 0.3 is 5.97 Å². The summed E-state index contributed by atoms with van der Waals surface area (Å²) in [5.74, 6) is 0.530. The molecule has 0 radical (unpaired) electrons. The lowest BCUT2D eigenvalue weighted by molar-refractivity contribution is -0.384. The van der Waals surface area contributed by atoms with Crippen LogP contribution in [0.25, 0.3) is 0 Å². The van der Waals surface area contributed by atoms with Gasteiger partial charge in [0.2, 0.25) is 0 Å². The first-order valence-corrected chi connectivity index (χ1v) is 7.52. The van der Waals surface area contributed by atoms with Crippen molar-refractivity contribution in [3.05, 3.63) is 33.3 Å². The number of carboxylic acids is 1. The third-order valence-electron chi connectivity index (χ3n) is 3.08. The van der Waals surface area contributed by atoms with Crippen LogP contribution < -0.4 is 4.90 Å². The van der Waals surface area contributed by atoms with Crippen molar-refractivity contribution in [3.63, 3.8) is 0 Å². The molecular formula is C12H13ClN2O4S. The fraction of sp³-hybridized carbons (Fsp3) is 0.417. The van der Waals surface area contributed by atoms with Crippen LogP contribution in [0.4, 0.5) is 11.4 Å². The molecule has 1 aromatic carbocycles. The lowest BCUT2D eigenvalue weighted by Gasteiger charge is -2.36. The van der Waals surface area contributed by atoms with Crippen LogP contribution in [0.2, 0.25) is 5.02 Å². The zero-order valence-electron chi connectivity index (χ0n) is 10.5. The number of nitro benzene ring substituents is 1. The Labute approximate surface area is 124 Å². The van der Waals surface area contributed by atoms with Crippen molar-refractivity contribution in [2.24, 2.45) is 0 Å². The van der Waals surface area contributed by atoms with Crippen LogP contribution in [0.3, 0.4) is 0 Å². The van der Waals surface area contributed by atoms with Gasteiger partial charge in [-0.25, -0.2) is 0 Å². The number of hydrogen-bond donors (Lipinski definition) is 1. The van der Waals surface area contributed by atoms with E-state index in [9.17, 15) is 14.9 Å². The molecule has 1 aromatic rings. The van der Waals surface area contributed by atoms with Gasteiger partial charge in [-0.1, -0.05) is 11.6 Å². The molecule has 1 heterocycles. The number of rotatable bonds is 4. The van der Waals surface area contributed by atoms with E-state index in [0.29, 0.717) is 23.0 Å². The van der Waals surface area contributed by atoms with Crippen molar-refractivity contribution in [1.82, 2.24) is 0 Å². The molecule has 108 valence electrons. The van der Waals surface area contributed by atoms with Crippen LogP contribution in [0.15, 0.2) is 18.2 Å². The Morgan fingerprint density at radius 2 is 2.35 bits per heavy atom. The molecule has 1 fully saturated rings. The van der Waals surface area contributed by atoms with Crippen molar-refractivity contribution in [3.8, 4) is 0 Å². The summed E-state index contributed by atoms with van der Waals surface area (Å²) in [5.41, 5.74) is 0.353. The fourth-order valence-electron chi connectivity index (χ4n) is 2.22. The van der Waals surface area contributed by atoms with Crippen molar-refractivity contribution in [2.75, 3.05) is 23.0 Å². The molecule has 1 unspecified atom stereocenters. The SMILES string of the molecule is O=C(O)CC1CSCCN1c1cc(Cl)ccc1[N+](=O)[O-]. The summed E-state index contributed by atoms with van der Waals surface area (Å²) >= 11 is 7.58. The van der Waals surface area contributed by atoms with E-state index in [0.717, 1.165) is 5.75 Å². The summed E-state index contributed by atoms with van der Waals surface area (Å²) < 4.78 is 0. The molecule has 0 spiro atoms. The average Bonchev–Trinajstić information content (AvgIpc) is 2.38. The standard InChI is InChI=1S/C12H13ClN2O4S/c13-8-1-2-10(15(18)19)11(5-8)14-3-4-20-7-9(14)6-12(16)17/h1-2,5,9H,3-4,6-7H2,(H,16,17). The molecule has 8 heteroatoms. The maximum atomic E-state index is 11.1. The van der Waals surface area contributed by atoms with E-state index in [1.807, 2.05) is 0 Å². The van der Waals surface area contributed by atoms with Gasteiger partial charge in [0.1, 0.15) is 5.69 Å². The highest BCUT2D eigenvalue weighted by molar-refractivity contribution is 7.99. The van der Waals surface area contributed by atoms with Gasteiger partial charge in [-0.05, 0) is 12.1 Å². The van der Waals surface area contributed by atoms with Gasteiger partial charge in [-0.15, -0.1) is 0 Å². The second kappa shape index (κ2) is 6.32. The number of anilines is 1. The predicted molar refractivity (Wildman–Crippen MR) is 78.8 cm³/mol. The van der Waals surface area contributed by atoms with Gasteiger partial charge in [0.15, 0.2) is 0 Å². The molecule has 1 aliphatic heterocycles. The Morgan fingerprint density at radius 1 is 1.60 bits per heavy atom. The van der Waals surface area contributed by atoms with Crippen LogP contribution in [0.5, 0.6) is 0 Å². The molecule has 1 aliphatic rings. The minimum Gasteiger partial charge on any atom is -0.481 e. The lowest BCUT2D eigenvalue weighted by atomic mass is 10.1. The fourth-order valence-corrected chi connectivity index (χ4v) is 3.45. The summed E-state index contributed by atoms with van der Waals surface area (Å²) in [6, 6.07) is 4.10. The third-order valence-corrected chi connectivity index (χ3v) is 4.41. The summed E-state index contributed by atoms with van der Waals surface area (Å²) in [5, 5.41) is 20.5. The maximum absolute atomic E-state index is 11.1. The quantitative estimate of drug-likeness (QED) is 0.679. The largest absolute Gasteiger partial charge is 0.481 e. The molecule has 1 N–H and O–H groups in total. The molecule has 1 atom stereocenters. The van der Waals surface area contributed by atoms with Crippen molar-refractivity contribution >= 4 is 40.7 Å². The smallest absolute Gasteiger partial charge is 0.305 e. The average molecular weight is 317 g/mol. The minimum absolute atomic E-state index is 0.0447. The van der Waals surface area contributed by atoms with Crippen molar-refractivity contribution in [1.29, 1.82) is 0 Å². The van der Waals surface area contributed by atoms with E-state index >= 15 is 0 Å². The Kier molecular flexibility index (Phi) is 4.72. The first-order valence-electron chi connectivity index (χ1n) is 5.99. The molecule has 0 bridgehead atoms. The highest BCUT2D eigenvalue weighted by atomic mass is 35.5. The topological polar surface area (TPSA) is 83.7 Å². The van der Waals surface area contributed by atoms with Gasteiger partial charge in [-0.2, -0.15) is 11.8 Å². The number of carbonyl (C=O) groups is 1. The third kappa shape index (κ3) is 3.34. The molecule has 1 saturated heterocycles. The van der Waals surface area contributed by atoms with E-state index in [4.69, 9.17) is 16.7 Å². The first-order chi connectivity index (χ1) is 9.49. The molecule has 6 nitrogen and oxygen atoms in total. The normalized spacial score (nSPS) is 18.9. The Morgan fingerprint density at radius 3 is 3.00 bits per heavy atom. The number of benzene rings is 1. The van der Waals surface area contributed by atoms with Gasteiger partial charge in [-0.3, -0.25) is 14.9 Å². The molecule has 20 heavy (non-hydrogen) atoms. The summed E-state index contributed by atoms with van der Waals surface area (Å²) in [6.45, 7) is 0.573. The van der Waals surface area contributed by atoms with E-state index in [2.05, 4.69) is 0 Å². The van der Waals surface area contributed by atoms with Gasteiger partial charge in [0.05, 0.1) is 11.3 Å². The van der Waals surface area contributed by atoms with Crippen molar-refractivity contribution < 1.29 is 14.8 Å². The monoisotopic (exact) mass is 316 g/mol. The first kappa shape index (κ1) is 14.9. The number of carboxylic acid groups (broad SMARTS) is 1. The number of halogens is 1. The van der Waals surface area contributed by atoms with E-state index in [1.165, 1.54) is 18.2 Å². The molecule has 0 aliphatic carbocycles. The number of nitro groups is 1. The molecular weight excluding hydrogens is 304 g/mol. The van der Waals surface area contributed by atoms with E-state index < -0.39 is 10.9 Å². The highest BCUT2D eigenvalue weighted by Gasteiger charge is 2.30. The highest BCUT2D eigenvalue weighted by Crippen LogP contribution is 2.35. The lowest BCUT2D eigenvalue weighted by Crippen LogP contribution is -2.44. The van der Waals surface area contributed by atoms with Gasteiger partial charge < -0.3 is 10.0 Å². The van der Waals surface area contributed by atoms with Crippen LogP contribution in [0, 0.1) is 10.1 Å². The molecule has 2 rings (SSSR count). The Hall–Kier alpha value is -1.47. The summed E-state index contributed by atoms with van der Waals surface area (Å²) in [6.07, 6.45) is -0.0450. The summed E-state index contributed by atoms with van der Waals surface area (Å²) in [4.78, 5) is 23.4. The zero-order valence-corrected chi connectivity index (χ0v) is 12.1. The number of hydrogen-bond acceptors (Lipinski definition) is 5. The van der Waals surface area contributed by atoms with E-state index in [1.54, 1.807) is 16.7 Å². The number of aliphatic carboxylic acids is 1. The zero-order chi connectivity index (χ0) is 14.7. The molecule has 0 saturated carbocycles. The maximum Gasteiger partial charge on any atom is 0.305 e. The van der Waals surface area contributed by atoms with Crippen molar-refractivity contribution in [2.45, 2.75) is 12.5 Å².